The summed E-state index contributed by atoms with van der Waals surface area (Å²) in [6.07, 6.45) is 6.33. The molecule has 188 valence electrons. The molecular weight excluding hydrogens is 436 g/mol. The van der Waals surface area contributed by atoms with Gasteiger partial charge in [-0.1, -0.05) is 46.3 Å². The van der Waals surface area contributed by atoms with Gasteiger partial charge in [0.1, 0.15) is 6.61 Å². The third-order valence-electron chi connectivity index (χ3n) is 9.09. The van der Waals surface area contributed by atoms with Crippen molar-refractivity contribution in [3.63, 3.8) is 0 Å². The number of fused-ring (bicyclic) bond motifs is 5. The SMILES string of the molecule is CC(C)(C)COC(=O)O[C@]1(C(=O)CO)CC[C@H]2[C@@H]3CCC4=CC(=O)C=C[C@]4(C)[C@H]3C(O)C[C@@]21C. The van der Waals surface area contributed by atoms with E-state index < -0.39 is 41.1 Å². The molecule has 0 radical (unpaired) electrons. The molecule has 34 heavy (non-hydrogen) atoms. The van der Waals surface area contributed by atoms with Crippen molar-refractivity contribution in [2.45, 2.75) is 78.4 Å². The summed E-state index contributed by atoms with van der Waals surface area (Å²) < 4.78 is 11.2. The fraction of sp³-hybridized carbons (Fsp3) is 0.741. The maximum absolute atomic E-state index is 13.2. The summed E-state index contributed by atoms with van der Waals surface area (Å²) in [4.78, 5) is 37.9. The molecule has 7 nitrogen and oxygen atoms in total. The Hall–Kier alpha value is -1.99. The van der Waals surface area contributed by atoms with Crippen molar-refractivity contribution < 1.29 is 34.1 Å². The average molecular weight is 475 g/mol. The smallest absolute Gasteiger partial charge is 0.434 e. The summed E-state index contributed by atoms with van der Waals surface area (Å²) in [6.45, 7) is 9.20. The van der Waals surface area contributed by atoms with Gasteiger partial charge >= 0.3 is 6.16 Å². The molecule has 4 aliphatic rings. The second-order valence-corrected chi connectivity index (χ2v) is 12.4. The number of allylic oxidation sites excluding steroid dienone is 4. The molecule has 0 aromatic heterocycles. The number of carbonyl (C=O) groups excluding carboxylic acids is 3. The standard InChI is InChI=1S/C27H38O7/c1-24(2,3)15-33-23(32)34-27(21(31)14-28)11-9-19-18-7-6-16-12-17(29)8-10-25(16,4)22(18)20(30)13-26(19,27)5/h8,10,12,18-20,22,28,30H,6-7,9,11,13-15H2,1-5H3/t18-,19-,20?,22+,25-,26-,27-/m0/s1. The molecule has 7 atom stereocenters. The first-order valence-corrected chi connectivity index (χ1v) is 12.4. The van der Waals surface area contributed by atoms with Gasteiger partial charge in [-0.3, -0.25) is 9.59 Å². The van der Waals surface area contributed by atoms with Crippen LogP contribution in [0.3, 0.4) is 0 Å². The zero-order chi connectivity index (χ0) is 25.1. The molecule has 0 aromatic carbocycles. The Morgan fingerprint density at radius 3 is 2.56 bits per heavy atom. The Morgan fingerprint density at radius 2 is 1.91 bits per heavy atom. The Morgan fingerprint density at radius 1 is 1.21 bits per heavy atom. The number of hydrogen-bond acceptors (Lipinski definition) is 7. The van der Waals surface area contributed by atoms with Gasteiger partial charge in [0.15, 0.2) is 11.4 Å². The van der Waals surface area contributed by atoms with Gasteiger partial charge in [0.05, 0.1) is 12.7 Å². The van der Waals surface area contributed by atoms with E-state index in [0.717, 1.165) is 18.4 Å². The number of ether oxygens (including phenoxy) is 2. The van der Waals surface area contributed by atoms with E-state index in [4.69, 9.17) is 9.47 Å². The van der Waals surface area contributed by atoms with Crippen molar-refractivity contribution in [3.8, 4) is 0 Å². The first kappa shape index (κ1) is 25.1. The number of Topliss-reactive ketones (excluding diaryl/α,β-unsaturated/α-hetero) is 1. The molecule has 2 N–H and O–H groups in total. The lowest BCUT2D eigenvalue weighted by Crippen LogP contribution is -2.63. The second kappa shape index (κ2) is 8.30. The van der Waals surface area contributed by atoms with Gasteiger partial charge in [-0.15, -0.1) is 0 Å². The van der Waals surface area contributed by atoms with Gasteiger partial charge in [-0.25, -0.2) is 4.79 Å². The Balaban J connectivity index is 1.67. The third-order valence-corrected chi connectivity index (χ3v) is 9.09. The van der Waals surface area contributed by atoms with Gasteiger partial charge in [0.2, 0.25) is 5.78 Å². The van der Waals surface area contributed by atoms with Crippen LogP contribution in [0.5, 0.6) is 0 Å². The molecular formula is C27H38O7. The molecule has 0 amide bonds. The quantitative estimate of drug-likeness (QED) is 0.597. The van der Waals surface area contributed by atoms with E-state index in [1.54, 1.807) is 12.2 Å². The number of rotatable bonds is 4. The average Bonchev–Trinajstić information content (AvgIpc) is 3.04. The van der Waals surface area contributed by atoms with E-state index in [9.17, 15) is 24.6 Å². The molecule has 4 aliphatic carbocycles. The lowest BCUT2D eigenvalue weighted by Gasteiger charge is -2.59. The van der Waals surface area contributed by atoms with Crippen molar-refractivity contribution in [2.75, 3.05) is 13.2 Å². The van der Waals surface area contributed by atoms with E-state index in [-0.39, 0.29) is 42.0 Å². The summed E-state index contributed by atoms with van der Waals surface area (Å²) >= 11 is 0. The Kier molecular flexibility index (Phi) is 6.13. The highest BCUT2D eigenvalue weighted by atomic mass is 16.7. The largest absolute Gasteiger partial charge is 0.509 e. The lowest BCUT2D eigenvalue weighted by molar-refractivity contribution is -0.184. The number of carbonyl (C=O) groups is 3. The van der Waals surface area contributed by atoms with Gasteiger partial charge in [0.25, 0.3) is 0 Å². The van der Waals surface area contributed by atoms with Gasteiger partial charge in [0, 0.05) is 16.7 Å². The molecule has 0 saturated heterocycles. The van der Waals surface area contributed by atoms with E-state index >= 15 is 0 Å². The van der Waals surface area contributed by atoms with Crippen LogP contribution >= 0.6 is 0 Å². The van der Waals surface area contributed by atoms with Gasteiger partial charge in [-0.05, 0) is 61.5 Å². The maximum Gasteiger partial charge on any atom is 0.509 e. The molecule has 0 bridgehead atoms. The van der Waals surface area contributed by atoms with Crippen LogP contribution in [-0.2, 0) is 19.1 Å². The summed E-state index contributed by atoms with van der Waals surface area (Å²) in [6, 6.07) is 0. The third kappa shape index (κ3) is 3.76. The lowest BCUT2D eigenvalue weighted by atomic mass is 9.46. The van der Waals surface area contributed by atoms with E-state index in [1.807, 2.05) is 33.8 Å². The summed E-state index contributed by atoms with van der Waals surface area (Å²) in [5.74, 6) is -0.534. The van der Waals surface area contributed by atoms with Crippen molar-refractivity contribution in [1.29, 1.82) is 0 Å². The molecule has 3 fully saturated rings. The molecule has 0 heterocycles. The van der Waals surface area contributed by atoms with Crippen molar-refractivity contribution >= 4 is 17.7 Å². The van der Waals surface area contributed by atoms with Crippen LogP contribution in [0.25, 0.3) is 0 Å². The molecule has 7 heteroatoms. The highest BCUT2D eigenvalue weighted by Gasteiger charge is 2.70. The zero-order valence-corrected chi connectivity index (χ0v) is 20.9. The molecule has 0 aliphatic heterocycles. The second-order valence-electron chi connectivity index (χ2n) is 12.4. The number of hydrogen-bond donors (Lipinski definition) is 2. The number of ketones is 2. The predicted octanol–water partition coefficient (Wildman–Crippen LogP) is 3.76. The fourth-order valence-corrected chi connectivity index (χ4v) is 7.57. The van der Waals surface area contributed by atoms with Crippen LogP contribution < -0.4 is 0 Å². The van der Waals surface area contributed by atoms with Crippen LogP contribution in [0.2, 0.25) is 0 Å². The van der Waals surface area contributed by atoms with E-state index in [2.05, 4.69) is 6.92 Å². The molecule has 0 spiro atoms. The number of aliphatic hydroxyl groups excluding tert-OH is 2. The van der Waals surface area contributed by atoms with Crippen LogP contribution in [0, 0.1) is 34.0 Å². The monoisotopic (exact) mass is 474 g/mol. The highest BCUT2D eigenvalue weighted by molar-refractivity contribution is 6.01. The highest BCUT2D eigenvalue weighted by Crippen LogP contribution is 2.67. The first-order chi connectivity index (χ1) is 15.8. The fourth-order valence-electron chi connectivity index (χ4n) is 7.57. The van der Waals surface area contributed by atoms with Crippen molar-refractivity contribution in [3.05, 3.63) is 23.8 Å². The topological polar surface area (TPSA) is 110 Å². The van der Waals surface area contributed by atoms with Crippen LogP contribution in [0.15, 0.2) is 23.8 Å². The van der Waals surface area contributed by atoms with Crippen LogP contribution in [0.1, 0.15) is 66.7 Å². The molecule has 0 aromatic rings. The van der Waals surface area contributed by atoms with Crippen LogP contribution in [-0.4, -0.2) is 52.9 Å². The molecule has 1 unspecified atom stereocenters. The maximum atomic E-state index is 13.2. The normalized spacial score (nSPS) is 41.1. The minimum absolute atomic E-state index is 0.0170. The molecule has 3 saturated carbocycles. The molecule has 4 rings (SSSR count). The minimum atomic E-state index is -1.54. The van der Waals surface area contributed by atoms with E-state index in [0.29, 0.717) is 12.8 Å². The van der Waals surface area contributed by atoms with Gasteiger partial charge in [-0.2, -0.15) is 0 Å². The summed E-state index contributed by atoms with van der Waals surface area (Å²) in [5, 5.41) is 21.4. The Labute approximate surface area is 201 Å². The minimum Gasteiger partial charge on any atom is -0.434 e. The Bertz CT molecular complexity index is 943. The van der Waals surface area contributed by atoms with Gasteiger partial charge < -0.3 is 19.7 Å². The van der Waals surface area contributed by atoms with Crippen molar-refractivity contribution in [1.82, 2.24) is 0 Å². The van der Waals surface area contributed by atoms with Crippen LogP contribution in [0.4, 0.5) is 4.79 Å². The zero-order valence-electron chi connectivity index (χ0n) is 20.9. The number of aliphatic hydroxyl groups is 2. The van der Waals surface area contributed by atoms with E-state index in [1.165, 1.54) is 0 Å². The summed E-state index contributed by atoms with van der Waals surface area (Å²) in [7, 11) is 0. The first-order valence-electron chi connectivity index (χ1n) is 12.4. The predicted molar refractivity (Wildman–Crippen MR) is 125 cm³/mol. The summed E-state index contributed by atoms with van der Waals surface area (Å²) in [5.41, 5.74) is -2.00. The van der Waals surface area contributed by atoms with Crippen molar-refractivity contribution in [2.24, 2.45) is 34.0 Å².